The molecule has 1 saturated carbocycles. The van der Waals surface area contributed by atoms with E-state index >= 15 is 0 Å². The van der Waals surface area contributed by atoms with Gasteiger partial charge in [0, 0.05) is 41.3 Å². The lowest BCUT2D eigenvalue weighted by Crippen LogP contribution is -2.34. The minimum Gasteiger partial charge on any atom is -0.481 e. The zero-order valence-electron chi connectivity index (χ0n) is 20.8. The molecular formula is C28H35N3O3S. The smallest absolute Gasteiger partial charge is 0.308 e. The van der Waals surface area contributed by atoms with Crippen molar-refractivity contribution >= 4 is 39.1 Å². The van der Waals surface area contributed by atoms with E-state index in [2.05, 4.69) is 23.3 Å². The van der Waals surface area contributed by atoms with Crippen molar-refractivity contribution in [3.8, 4) is 0 Å². The number of rotatable bonds is 9. The van der Waals surface area contributed by atoms with Crippen LogP contribution >= 0.6 is 11.3 Å². The number of anilines is 1. The summed E-state index contributed by atoms with van der Waals surface area (Å²) in [6.45, 7) is 4.23. The molecule has 2 heterocycles. The topological polar surface area (TPSA) is 82.5 Å². The number of aryl methyl sites for hydroxylation is 1. The molecule has 7 heteroatoms. The summed E-state index contributed by atoms with van der Waals surface area (Å²) in [4.78, 5) is 32.8. The summed E-state index contributed by atoms with van der Waals surface area (Å²) < 4.78 is 0. The highest BCUT2D eigenvalue weighted by Gasteiger charge is 2.29. The number of hydrogen-bond donors (Lipinski definition) is 2. The van der Waals surface area contributed by atoms with Crippen LogP contribution in [0.1, 0.15) is 72.3 Å². The lowest BCUT2D eigenvalue weighted by molar-refractivity contribution is -0.142. The minimum absolute atomic E-state index is 0.161. The molecule has 2 unspecified atom stereocenters. The van der Waals surface area contributed by atoms with E-state index in [0.717, 1.165) is 10.5 Å². The van der Waals surface area contributed by atoms with Crippen LogP contribution in [0.5, 0.6) is 0 Å². The molecule has 0 bridgehead atoms. The largest absolute Gasteiger partial charge is 0.481 e. The third kappa shape index (κ3) is 5.67. The SMILES string of the molecule is CCC(CN(C)C(=O)c1ccc(NC(c2sc3ncccc3c2C)C2CCCCC2)cc1)C(=O)O. The van der Waals surface area contributed by atoms with Gasteiger partial charge in [0.1, 0.15) is 4.83 Å². The molecule has 35 heavy (non-hydrogen) atoms. The van der Waals surface area contributed by atoms with Gasteiger partial charge < -0.3 is 15.3 Å². The number of aromatic nitrogens is 1. The molecule has 2 N–H and O–H groups in total. The zero-order valence-corrected chi connectivity index (χ0v) is 21.6. The Balaban J connectivity index is 1.54. The number of amides is 1. The van der Waals surface area contributed by atoms with Gasteiger partial charge in [-0.1, -0.05) is 32.3 Å². The zero-order chi connectivity index (χ0) is 24.9. The average Bonchev–Trinajstić information content (AvgIpc) is 3.22. The number of thiophene rings is 1. The van der Waals surface area contributed by atoms with Crippen LogP contribution in [-0.4, -0.2) is 40.5 Å². The van der Waals surface area contributed by atoms with E-state index in [9.17, 15) is 14.7 Å². The predicted molar refractivity (Wildman–Crippen MR) is 142 cm³/mol. The normalized spacial score (nSPS) is 16.1. The second kappa shape index (κ2) is 11.2. The number of nitrogens with zero attached hydrogens (tertiary/aromatic N) is 2. The first-order valence-electron chi connectivity index (χ1n) is 12.6. The van der Waals surface area contributed by atoms with E-state index in [4.69, 9.17) is 0 Å². The molecule has 2 aromatic heterocycles. The molecule has 4 rings (SSSR count). The van der Waals surface area contributed by atoms with Crippen molar-refractivity contribution < 1.29 is 14.7 Å². The van der Waals surface area contributed by atoms with Gasteiger partial charge in [0.05, 0.1) is 12.0 Å². The first kappa shape index (κ1) is 25.2. The van der Waals surface area contributed by atoms with E-state index in [-0.39, 0.29) is 18.5 Å². The van der Waals surface area contributed by atoms with Crippen molar-refractivity contribution in [2.45, 2.75) is 58.4 Å². The summed E-state index contributed by atoms with van der Waals surface area (Å²) in [6.07, 6.45) is 8.60. The van der Waals surface area contributed by atoms with Gasteiger partial charge >= 0.3 is 5.97 Å². The highest BCUT2D eigenvalue weighted by atomic mass is 32.1. The van der Waals surface area contributed by atoms with Crippen molar-refractivity contribution in [3.05, 3.63) is 58.6 Å². The van der Waals surface area contributed by atoms with Crippen LogP contribution in [-0.2, 0) is 4.79 Å². The first-order chi connectivity index (χ1) is 16.9. The summed E-state index contributed by atoms with van der Waals surface area (Å²) in [5.41, 5.74) is 2.86. The summed E-state index contributed by atoms with van der Waals surface area (Å²) in [6, 6.07) is 12.0. The molecule has 3 aromatic rings. The van der Waals surface area contributed by atoms with Gasteiger partial charge in [0.2, 0.25) is 0 Å². The Morgan fingerprint density at radius 2 is 1.89 bits per heavy atom. The maximum absolute atomic E-state index is 12.9. The number of pyridine rings is 1. The van der Waals surface area contributed by atoms with Crippen molar-refractivity contribution in [3.63, 3.8) is 0 Å². The maximum Gasteiger partial charge on any atom is 0.308 e. The molecule has 6 nitrogen and oxygen atoms in total. The number of hydrogen-bond acceptors (Lipinski definition) is 5. The van der Waals surface area contributed by atoms with Gasteiger partial charge in [-0.25, -0.2) is 4.98 Å². The monoisotopic (exact) mass is 493 g/mol. The first-order valence-corrected chi connectivity index (χ1v) is 13.4. The number of carbonyl (C=O) groups excluding carboxylic acids is 1. The third-order valence-electron chi connectivity index (χ3n) is 7.29. The Bertz CT molecular complexity index is 1170. The molecular weight excluding hydrogens is 458 g/mol. The fraction of sp³-hybridized carbons (Fsp3) is 0.464. The highest BCUT2D eigenvalue weighted by molar-refractivity contribution is 7.19. The van der Waals surface area contributed by atoms with E-state index < -0.39 is 11.9 Å². The Morgan fingerprint density at radius 1 is 1.17 bits per heavy atom. The van der Waals surface area contributed by atoms with Gasteiger partial charge in [0.25, 0.3) is 5.91 Å². The Hall–Kier alpha value is -2.93. The average molecular weight is 494 g/mol. The van der Waals surface area contributed by atoms with Crippen molar-refractivity contribution in [1.82, 2.24) is 9.88 Å². The van der Waals surface area contributed by atoms with Crippen LogP contribution in [0.4, 0.5) is 5.69 Å². The molecule has 1 aromatic carbocycles. The lowest BCUT2D eigenvalue weighted by Gasteiger charge is -2.32. The predicted octanol–water partition coefficient (Wildman–Crippen LogP) is 6.52. The van der Waals surface area contributed by atoms with Gasteiger partial charge in [-0.3, -0.25) is 9.59 Å². The van der Waals surface area contributed by atoms with Crippen LogP contribution in [0.25, 0.3) is 10.2 Å². The lowest BCUT2D eigenvalue weighted by atomic mass is 9.82. The van der Waals surface area contributed by atoms with Crippen molar-refractivity contribution in [1.29, 1.82) is 0 Å². The van der Waals surface area contributed by atoms with E-state index in [1.54, 1.807) is 18.4 Å². The van der Waals surface area contributed by atoms with Crippen molar-refractivity contribution in [2.75, 3.05) is 18.9 Å². The Kier molecular flexibility index (Phi) is 8.06. The quantitative estimate of drug-likeness (QED) is 0.354. The highest BCUT2D eigenvalue weighted by Crippen LogP contribution is 2.43. The Morgan fingerprint density at radius 3 is 2.51 bits per heavy atom. The second-order valence-corrected chi connectivity index (χ2v) is 10.7. The standard InChI is InChI=1S/C28H35N3O3S/c1-4-19(28(33)34)17-31(3)27(32)21-12-14-22(15-13-21)30-24(20-9-6-5-7-10-20)25-18(2)23-11-8-16-29-26(23)35-25/h8,11-16,19-20,24,30H,4-7,9-10,17H2,1-3H3,(H,33,34). The summed E-state index contributed by atoms with van der Waals surface area (Å²) >= 11 is 1.78. The molecule has 1 aliphatic rings. The fourth-order valence-corrected chi connectivity index (χ4v) is 6.43. The van der Waals surface area contributed by atoms with Gasteiger partial charge in [0.15, 0.2) is 0 Å². The van der Waals surface area contributed by atoms with Crippen molar-refractivity contribution in [2.24, 2.45) is 11.8 Å². The molecule has 0 saturated heterocycles. The van der Waals surface area contributed by atoms with Gasteiger partial charge in [-0.15, -0.1) is 11.3 Å². The van der Waals surface area contributed by atoms with Crippen LogP contribution in [0, 0.1) is 18.8 Å². The molecule has 0 radical (unpaired) electrons. The molecule has 0 aliphatic heterocycles. The Labute approximate surface area is 211 Å². The summed E-state index contributed by atoms with van der Waals surface area (Å²) in [7, 11) is 1.66. The number of carboxylic acid groups (broad SMARTS) is 1. The minimum atomic E-state index is -0.868. The van der Waals surface area contributed by atoms with E-state index in [1.165, 1.54) is 52.8 Å². The van der Waals surface area contributed by atoms with Gasteiger partial charge in [-0.2, -0.15) is 0 Å². The van der Waals surface area contributed by atoms with Crippen LogP contribution in [0.15, 0.2) is 42.6 Å². The molecule has 186 valence electrons. The van der Waals surface area contributed by atoms with E-state index in [1.807, 2.05) is 43.5 Å². The fourth-order valence-electron chi connectivity index (χ4n) is 5.14. The second-order valence-electron chi connectivity index (χ2n) is 9.67. The number of aliphatic carboxylic acids is 1. The number of fused-ring (bicyclic) bond motifs is 1. The van der Waals surface area contributed by atoms with Crippen LogP contribution < -0.4 is 5.32 Å². The summed E-state index contributed by atoms with van der Waals surface area (Å²) in [5.74, 6) is -1.02. The third-order valence-corrected chi connectivity index (χ3v) is 8.59. The molecule has 0 spiro atoms. The van der Waals surface area contributed by atoms with Crippen LogP contribution in [0.3, 0.4) is 0 Å². The number of benzene rings is 1. The number of carbonyl (C=O) groups is 2. The molecule has 1 aliphatic carbocycles. The van der Waals surface area contributed by atoms with E-state index in [0.29, 0.717) is 17.9 Å². The maximum atomic E-state index is 12.9. The molecule has 1 fully saturated rings. The number of carboxylic acids is 1. The van der Waals surface area contributed by atoms with Gasteiger partial charge in [-0.05, 0) is 68.0 Å². The summed E-state index contributed by atoms with van der Waals surface area (Å²) in [5, 5.41) is 14.3. The molecule has 2 atom stereocenters. The van der Waals surface area contributed by atoms with Crippen LogP contribution in [0.2, 0.25) is 0 Å². The molecule has 1 amide bonds. The number of nitrogens with one attached hydrogen (secondary N) is 1.